The molecule has 0 saturated heterocycles. The number of esters is 1. The average Bonchev–Trinajstić information content (AvgIpc) is 2.77. The number of hydrazone groups is 1. The first kappa shape index (κ1) is 13.5. The maximum absolute atomic E-state index is 11.4. The summed E-state index contributed by atoms with van der Waals surface area (Å²) in [6.07, 6.45) is 2.34. The van der Waals surface area contributed by atoms with E-state index >= 15 is 0 Å². The van der Waals surface area contributed by atoms with Crippen LogP contribution in [0.5, 0.6) is 0 Å². The third kappa shape index (κ3) is 4.45. The third-order valence-electron chi connectivity index (χ3n) is 1.67. The second kappa shape index (κ2) is 7.69. The van der Waals surface area contributed by atoms with Gasteiger partial charge in [0, 0.05) is 31.3 Å². The van der Waals surface area contributed by atoms with Crippen LogP contribution >= 0.6 is 11.5 Å². The average molecular weight is 258 g/mol. The van der Waals surface area contributed by atoms with Gasteiger partial charge in [-0.2, -0.15) is 5.10 Å². The summed E-state index contributed by atoms with van der Waals surface area (Å²) in [5.41, 5.74) is 2.85. The van der Waals surface area contributed by atoms with E-state index in [1.807, 2.05) is 0 Å². The van der Waals surface area contributed by atoms with Crippen LogP contribution in [0.2, 0.25) is 0 Å². The Morgan fingerprint density at radius 1 is 1.65 bits per heavy atom. The molecule has 0 aliphatic heterocycles. The van der Waals surface area contributed by atoms with Gasteiger partial charge in [0.1, 0.15) is 0 Å². The topological polar surface area (TPSA) is 85.7 Å². The number of ether oxygens (including phenoxy) is 2. The second-order valence-corrected chi connectivity index (χ2v) is 3.63. The van der Waals surface area contributed by atoms with E-state index in [0.29, 0.717) is 24.6 Å². The van der Waals surface area contributed by atoms with Crippen LogP contribution in [0.4, 0.5) is 5.00 Å². The van der Waals surface area contributed by atoms with E-state index < -0.39 is 5.97 Å². The summed E-state index contributed by atoms with van der Waals surface area (Å²) < 4.78 is 13.4. The zero-order valence-corrected chi connectivity index (χ0v) is 10.5. The van der Waals surface area contributed by atoms with E-state index in [-0.39, 0.29) is 5.69 Å². The molecule has 0 aliphatic rings. The van der Waals surface area contributed by atoms with E-state index in [1.54, 1.807) is 20.2 Å². The van der Waals surface area contributed by atoms with Gasteiger partial charge in [-0.15, -0.1) is 5.10 Å². The lowest BCUT2D eigenvalue weighted by Gasteiger charge is -1.99. The molecule has 0 spiro atoms. The van der Waals surface area contributed by atoms with Gasteiger partial charge in [-0.05, 0) is 6.92 Å². The molecule has 0 radical (unpaired) electrons. The first-order valence-electron chi connectivity index (χ1n) is 5.05. The quantitative estimate of drug-likeness (QED) is 0.342. The molecule has 0 aromatic carbocycles. The Morgan fingerprint density at radius 3 is 3.18 bits per heavy atom. The largest absolute Gasteiger partial charge is 0.461 e. The second-order valence-electron chi connectivity index (χ2n) is 2.88. The van der Waals surface area contributed by atoms with Crippen molar-refractivity contribution < 1.29 is 14.3 Å². The Hall–Kier alpha value is -1.54. The summed E-state index contributed by atoms with van der Waals surface area (Å²) in [5.74, 6) is -0.504. The number of carbonyl (C=O) groups is 1. The smallest absolute Gasteiger partial charge is 0.362 e. The van der Waals surface area contributed by atoms with E-state index in [1.165, 1.54) is 0 Å². The Labute approximate surface area is 103 Å². The van der Waals surface area contributed by atoms with Crippen molar-refractivity contribution in [2.24, 2.45) is 5.10 Å². The highest BCUT2D eigenvalue weighted by Gasteiger charge is 2.16. The molecule has 1 aromatic heterocycles. The minimum atomic E-state index is -0.504. The molecule has 0 atom stereocenters. The van der Waals surface area contributed by atoms with Gasteiger partial charge in [0.05, 0.1) is 13.2 Å². The summed E-state index contributed by atoms with van der Waals surface area (Å²) in [6.45, 7) is 2.62. The molecule has 1 N–H and O–H groups in total. The number of aromatic nitrogens is 2. The first-order chi connectivity index (χ1) is 8.29. The summed E-state index contributed by atoms with van der Waals surface area (Å²) >= 11 is 1.05. The number of rotatable bonds is 7. The van der Waals surface area contributed by atoms with Gasteiger partial charge < -0.3 is 9.47 Å². The first-order valence-corrected chi connectivity index (χ1v) is 5.82. The Bertz CT molecular complexity index is 380. The number of methoxy groups -OCH3 is 1. The Kier molecular flexibility index (Phi) is 6.12. The molecule has 0 amide bonds. The highest BCUT2D eigenvalue weighted by Crippen LogP contribution is 2.18. The molecule has 1 heterocycles. The predicted octanol–water partition coefficient (Wildman–Crippen LogP) is 1.15. The molecule has 0 bridgehead atoms. The zero-order chi connectivity index (χ0) is 12.5. The highest BCUT2D eigenvalue weighted by molar-refractivity contribution is 7.10. The van der Waals surface area contributed by atoms with Gasteiger partial charge in [-0.25, -0.2) is 4.79 Å². The lowest BCUT2D eigenvalue weighted by Crippen LogP contribution is -2.07. The summed E-state index contributed by atoms with van der Waals surface area (Å²) in [6, 6.07) is 0. The maximum Gasteiger partial charge on any atom is 0.362 e. The number of nitrogens with zero attached hydrogens (tertiary/aromatic N) is 3. The van der Waals surface area contributed by atoms with Crippen LogP contribution in [0.1, 0.15) is 23.8 Å². The number of anilines is 1. The normalized spacial score (nSPS) is 10.7. The lowest BCUT2D eigenvalue weighted by molar-refractivity contribution is 0.0520. The SMILES string of the molecule is CCOC(=O)c1nnsc1N/N=C/CCOC. The molecule has 0 aliphatic carbocycles. The molecule has 0 fully saturated rings. The number of carbonyl (C=O) groups excluding carboxylic acids is 1. The van der Waals surface area contributed by atoms with E-state index in [4.69, 9.17) is 9.47 Å². The van der Waals surface area contributed by atoms with E-state index in [2.05, 4.69) is 20.1 Å². The van der Waals surface area contributed by atoms with Crippen molar-refractivity contribution >= 4 is 28.7 Å². The van der Waals surface area contributed by atoms with Crippen LogP contribution < -0.4 is 5.43 Å². The van der Waals surface area contributed by atoms with Crippen molar-refractivity contribution in [3.05, 3.63) is 5.69 Å². The van der Waals surface area contributed by atoms with Crippen molar-refractivity contribution in [1.82, 2.24) is 9.59 Å². The van der Waals surface area contributed by atoms with Gasteiger partial charge >= 0.3 is 5.97 Å². The van der Waals surface area contributed by atoms with Crippen molar-refractivity contribution in [2.45, 2.75) is 13.3 Å². The Balaban J connectivity index is 2.51. The molecule has 94 valence electrons. The number of hydrogen-bond donors (Lipinski definition) is 1. The molecule has 7 nitrogen and oxygen atoms in total. The summed E-state index contributed by atoms with van der Waals surface area (Å²) in [5, 5.41) is 8.07. The lowest BCUT2D eigenvalue weighted by atomic mass is 10.5. The molecular weight excluding hydrogens is 244 g/mol. The van der Waals surface area contributed by atoms with Gasteiger partial charge in [0.2, 0.25) is 5.69 Å². The third-order valence-corrected chi connectivity index (χ3v) is 2.30. The fourth-order valence-electron chi connectivity index (χ4n) is 0.936. The number of hydrogen-bond acceptors (Lipinski definition) is 8. The van der Waals surface area contributed by atoms with Gasteiger partial charge in [-0.3, -0.25) is 5.43 Å². The van der Waals surface area contributed by atoms with Crippen LogP contribution in [0.3, 0.4) is 0 Å². The fraction of sp³-hybridized carbons (Fsp3) is 0.556. The van der Waals surface area contributed by atoms with E-state index in [9.17, 15) is 4.79 Å². The molecule has 17 heavy (non-hydrogen) atoms. The number of nitrogens with one attached hydrogen (secondary N) is 1. The molecule has 1 rings (SSSR count). The van der Waals surface area contributed by atoms with Crippen LogP contribution in [-0.2, 0) is 9.47 Å². The minimum Gasteiger partial charge on any atom is -0.461 e. The highest BCUT2D eigenvalue weighted by atomic mass is 32.1. The zero-order valence-electron chi connectivity index (χ0n) is 9.67. The monoisotopic (exact) mass is 258 g/mol. The van der Waals surface area contributed by atoms with Gasteiger partial charge in [0.25, 0.3) is 0 Å². The van der Waals surface area contributed by atoms with Crippen LogP contribution in [0.25, 0.3) is 0 Å². The van der Waals surface area contributed by atoms with Crippen molar-refractivity contribution in [3.63, 3.8) is 0 Å². The Morgan fingerprint density at radius 2 is 2.47 bits per heavy atom. The fourth-order valence-corrected chi connectivity index (χ4v) is 1.44. The molecule has 8 heteroatoms. The minimum absolute atomic E-state index is 0.153. The van der Waals surface area contributed by atoms with Crippen molar-refractivity contribution in [3.8, 4) is 0 Å². The molecule has 0 unspecified atom stereocenters. The van der Waals surface area contributed by atoms with Crippen molar-refractivity contribution in [2.75, 3.05) is 25.7 Å². The van der Waals surface area contributed by atoms with Crippen molar-refractivity contribution in [1.29, 1.82) is 0 Å². The summed E-state index contributed by atoms with van der Waals surface area (Å²) in [7, 11) is 1.62. The molecular formula is C9H14N4O3S. The van der Waals surface area contributed by atoms with E-state index in [0.717, 1.165) is 11.5 Å². The molecule has 0 saturated carbocycles. The van der Waals surface area contributed by atoms with Crippen LogP contribution in [0, 0.1) is 0 Å². The van der Waals surface area contributed by atoms with Crippen LogP contribution in [-0.4, -0.2) is 42.1 Å². The maximum atomic E-state index is 11.4. The standard InChI is InChI=1S/C9H14N4O3S/c1-3-16-9(14)7-8(17-13-11-7)12-10-5-4-6-15-2/h5,12H,3-4,6H2,1-2H3/b10-5+. The molecule has 1 aromatic rings. The van der Waals surface area contributed by atoms with Gasteiger partial charge in [-0.1, -0.05) is 4.49 Å². The predicted molar refractivity (Wildman–Crippen MR) is 64.5 cm³/mol. The summed E-state index contributed by atoms with van der Waals surface area (Å²) in [4.78, 5) is 11.4. The van der Waals surface area contributed by atoms with Crippen LogP contribution in [0.15, 0.2) is 5.10 Å². The van der Waals surface area contributed by atoms with Gasteiger partial charge in [0.15, 0.2) is 5.00 Å².